The fraction of sp³-hybridized carbons (Fsp3) is 0.111. The Bertz CT molecular complexity index is 423. The Morgan fingerprint density at radius 2 is 1.79 bits per heavy atom. The standard InChI is InChI=1S/C9H12N2O2S/c1-2-9(10)7-3-5-8(6-4-7)14(11,12)13/h2-6,9H,1,10H2,(H2,11,12,13)/t9-/m0/s1. The van der Waals surface area contributed by atoms with Crippen molar-refractivity contribution in [3.8, 4) is 0 Å². The van der Waals surface area contributed by atoms with E-state index in [0.717, 1.165) is 5.56 Å². The summed E-state index contributed by atoms with van der Waals surface area (Å²) in [7, 11) is -3.62. The quantitative estimate of drug-likeness (QED) is 0.716. The number of primary sulfonamides is 1. The van der Waals surface area contributed by atoms with E-state index in [1.165, 1.54) is 12.1 Å². The molecule has 0 aliphatic heterocycles. The van der Waals surface area contributed by atoms with Crippen LogP contribution in [0.25, 0.3) is 0 Å². The predicted molar refractivity (Wildman–Crippen MR) is 54.9 cm³/mol. The van der Waals surface area contributed by atoms with Crippen molar-refractivity contribution in [2.24, 2.45) is 10.9 Å². The van der Waals surface area contributed by atoms with Gasteiger partial charge in [-0.05, 0) is 17.7 Å². The molecule has 1 aromatic carbocycles. The maximum Gasteiger partial charge on any atom is 0.238 e. The van der Waals surface area contributed by atoms with E-state index >= 15 is 0 Å². The van der Waals surface area contributed by atoms with Crippen molar-refractivity contribution in [2.45, 2.75) is 10.9 Å². The molecule has 76 valence electrons. The summed E-state index contributed by atoms with van der Waals surface area (Å²) in [5, 5.41) is 4.94. The summed E-state index contributed by atoms with van der Waals surface area (Å²) in [6.45, 7) is 3.54. The van der Waals surface area contributed by atoms with E-state index < -0.39 is 10.0 Å². The van der Waals surface area contributed by atoms with E-state index in [2.05, 4.69) is 6.58 Å². The molecule has 0 radical (unpaired) electrons. The average molecular weight is 212 g/mol. The molecule has 0 unspecified atom stereocenters. The highest BCUT2D eigenvalue weighted by molar-refractivity contribution is 7.89. The van der Waals surface area contributed by atoms with Crippen molar-refractivity contribution in [3.63, 3.8) is 0 Å². The second-order valence-corrected chi connectivity index (χ2v) is 4.44. The second-order valence-electron chi connectivity index (χ2n) is 2.88. The normalized spacial score (nSPS) is 13.6. The van der Waals surface area contributed by atoms with Crippen LogP contribution in [-0.4, -0.2) is 8.42 Å². The minimum Gasteiger partial charge on any atom is -0.321 e. The third-order valence-corrected chi connectivity index (χ3v) is 2.78. The Morgan fingerprint density at radius 3 is 2.14 bits per heavy atom. The summed E-state index contributed by atoms with van der Waals surface area (Å²) < 4.78 is 21.8. The van der Waals surface area contributed by atoms with Crippen molar-refractivity contribution in [1.29, 1.82) is 0 Å². The molecule has 0 aliphatic carbocycles. The Balaban J connectivity index is 3.07. The number of hydrogen-bond donors (Lipinski definition) is 2. The fourth-order valence-electron chi connectivity index (χ4n) is 1.02. The average Bonchev–Trinajstić information content (AvgIpc) is 2.15. The van der Waals surface area contributed by atoms with Crippen LogP contribution in [0.15, 0.2) is 41.8 Å². The van der Waals surface area contributed by atoms with E-state index in [9.17, 15) is 8.42 Å². The van der Waals surface area contributed by atoms with Gasteiger partial charge in [-0.3, -0.25) is 0 Å². The summed E-state index contributed by atoms with van der Waals surface area (Å²) in [5.74, 6) is 0. The molecule has 0 amide bonds. The Kier molecular flexibility index (Phi) is 3.05. The number of rotatable bonds is 3. The Morgan fingerprint density at radius 1 is 1.29 bits per heavy atom. The molecule has 1 atom stereocenters. The first kappa shape index (κ1) is 10.9. The number of nitrogens with two attached hydrogens (primary N) is 2. The number of benzene rings is 1. The van der Waals surface area contributed by atoms with Crippen LogP contribution >= 0.6 is 0 Å². The first-order valence-electron chi connectivity index (χ1n) is 3.96. The molecule has 0 bridgehead atoms. The summed E-state index contributed by atoms with van der Waals surface area (Å²) >= 11 is 0. The highest BCUT2D eigenvalue weighted by atomic mass is 32.2. The van der Waals surface area contributed by atoms with Gasteiger partial charge in [0.1, 0.15) is 0 Å². The van der Waals surface area contributed by atoms with Gasteiger partial charge < -0.3 is 5.73 Å². The van der Waals surface area contributed by atoms with E-state index in [0.29, 0.717) is 0 Å². The van der Waals surface area contributed by atoms with Crippen molar-refractivity contribution in [3.05, 3.63) is 42.5 Å². The molecule has 4 N–H and O–H groups in total. The van der Waals surface area contributed by atoms with Crippen LogP contribution < -0.4 is 10.9 Å². The van der Waals surface area contributed by atoms with Gasteiger partial charge in [0.15, 0.2) is 0 Å². The van der Waals surface area contributed by atoms with Gasteiger partial charge in [0, 0.05) is 6.04 Å². The SMILES string of the molecule is C=C[C@H](N)c1ccc(S(N)(=O)=O)cc1. The molecule has 0 saturated heterocycles. The summed E-state index contributed by atoms with van der Waals surface area (Å²) in [6.07, 6.45) is 1.58. The van der Waals surface area contributed by atoms with E-state index in [-0.39, 0.29) is 10.9 Å². The first-order valence-corrected chi connectivity index (χ1v) is 5.50. The first-order chi connectivity index (χ1) is 6.45. The minimum atomic E-state index is -3.62. The van der Waals surface area contributed by atoms with Gasteiger partial charge in [-0.1, -0.05) is 18.2 Å². The van der Waals surface area contributed by atoms with E-state index in [1.807, 2.05) is 0 Å². The van der Waals surface area contributed by atoms with Gasteiger partial charge in [0.2, 0.25) is 10.0 Å². The summed E-state index contributed by atoms with van der Waals surface area (Å²) in [6, 6.07) is 5.80. The minimum absolute atomic E-state index is 0.0810. The molecule has 0 aromatic heterocycles. The molecule has 0 fully saturated rings. The zero-order valence-electron chi connectivity index (χ0n) is 7.55. The smallest absolute Gasteiger partial charge is 0.238 e. The molecule has 1 rings (SSSR count). The lowest BCUT2D eigenvalue weighted by molar-refractivity contribution is 0.597. The van der Waals surface area contributed by atoms with Crippen LogP contribution in [0.4, 0.5) is 0 Å². The summed E-state index contributed by atoms with van der Waals surface area (Å²) in [5.41, 5.74) is 6.45. The zero-order valence-corrected chi connectivity index (χ0v) is 8.37. The molecular formula is C9H12N2O2S. The molecule has 0 heterocycles. The molecule has 0 saturated carbocycles. The largest absolute Gasteiger partial charge is 0.321 e. The third-order valence-electron chi connectivity index (χ3n) is 1.85. The van der Waals surface area contributed by atoms with Crippen LogP contribution in [-0.2, 0) is 10.0 Å². The maximum atomic E-state index is 10.9. The van der Waals surface area contributed by atoms with E-state index in [4.69, 9.17) is 10.9 Å². The molecule has 0 aliphatic rings. The topological polar surface area (TPSA) is 86.2 Å². The van der Waals surface area contributed by atoms with Crippen LogP contribution in [0, 0.1) is 0 Å². The predicted octanol–water partition coefficient (Wildman–Crippen LogP) is 0.520. The molecule has 4 nitrogen and oxygen atoms in total. The van der Waals surface area contributed by atoms with Gasteiger partial charge in [-0.25, -0.2) is 13.6 Å². The lowest BCUT2D eigenvalue weighted by Gasteiger charge is -2.06. The van der Waals surface area contributed by atoms with Crippen molar-refractivity contribution in [1.82, 2.24) is 0 Å². The number of sulfonamides is 1. The van der Waals surface area contributed by atoms with Crippen LogP contribution in [0.3, 0.4) is 0 Å². The van der Waals surface area contributed by atoms with E-state index in [1.54, 1.807) is 18.2 Å². The van der Waals surface area contributed by atoms with Gasteiger partial charge in [0.05, 0.1) is 4.90 Å². The summed E-state index contributed by atoms with van der Waals surface area (Å²) in [4.78, 5) is 0.0810. The Labute approximate surface area is 83.3 Å². The highest BCUT2D eigenvalue weighted by Gasteiger charge is 2.07. The highest BCUT2D eigenvalue weighted by Crippen LogP contribution is 2.14. The van der Waals surface area contributed by atoms with Crippen LogP contribution in [0.2, 0.25) is 0 Å². The maximum absolute atomic E-state index is 10.9. The molecule has 5 heteroatoms. The van der Waals surface area contributed by atoms with Gasteiger partial charge in [-0.2, -0.15) is 0 Å². The molecule has 14 heavy (non-hydrogen) atoms. The van der Waals surface area contributed by atoms with Gasteiger partial charge in [-0.15, -0.1) is 6.58 Å². The molecule has 0 spiro atoms. The fourth-order valence-corrected chi connectivity index (χ4v) is 1.53. The van der Waals surface area contributed by atoms with Crippen LogP contribution in [0.1, 0.15) is 11.6 Å². The van der Waals surface area contributed by atoms with Crippen LogP contribution in [0.5, 0.6) is 0 Å². The van der Waals surface area contributed by atoms with Crippen molar-refractivity contribution < 1.29 is 8.42 Å². The van der Waals surface area contributed by atoms with Gasteiger partial charge in [0.25, 0.3) is 0 Å². The van der Waals surface area contributed by atoms with Crippen molar-refractivity contribution >= 4 is 10.0 Å². The lowest BCUT2D eigenvalue weighted by Crippen LogP contribution is -2.12. The zero-order chi connectivity index (χ0) is 10.8. The number of hydrogen-bond acceptors (Lipinski definition) is 3. The van der Waals surface area contributed by atoms with Crippen molar-refractivity contribution in [2.75, 3.05) is 0 Å². The third kappa shape index (κ3) is 2.41. The van der Waals surface area contributed by atoms with Gasteiger partial charge >= 0.3 is 0 Å². The molecule has 1 aromatic rings. The second kappa shape index (κ2) is 3.91. The monoisotopic (exact) mass is 212 g/mol. The Hall–Kier alpha value is -1.17. The molecular weight excluding hydrogens is 200 g/mol. The lowest BCUT2D eigenvalue weighted by atomic mass is 10.1.